The van der Waals surface area contributed by atoms with E-state index in [1.54, 1.807) is 0 Å². The Balaban J connectivity index is 4.63. The minimum atomic E-state index is -1.26. The van der Waals surface area contributed by atoms with E-state index in [-0.39, 0.29) is 18.6 Å². The summed E-state index contributed by atoms with van der Waals surface area (Å²) in [7, 11) is 1.39. The van der Waals surface area contributed by atoms with Crippen LogP contribution in [0.5, 0.6) is 0 Å². The number of aliphatic carboxylic acids is 2. The Labute approximate surface area is 141 Å². The standard InChI is InChI=1S/C12H20N4O7S/c1-14-12(23)24-5-7(10(20)15-4-9(18)19)16-8(17)3-2-6(13)11(21)22/h6-7H,2-5,13H2,1H3,(H,14,23)(H,15,20)(H,16,17)(H,18,19)(H,21,22)/t6-,7+/m1/s1. The third-order valence-corrected chi connectivity index (χ3v) is 3.62. The Hall–Kier alpha value is -2.34. The first-order valence-corrected chi connectivity index (χ1v) is 7.77. The lowest BCUT2D eigenvalue weighted by atomic mass is 10.1. The largest absolute Gasteiger partial charge is 0.480 e. The summed E-state index contributed by atoms with van der Waals surface area (Å²) in [6, 6.07) is -2.37. The molecular formula is C12H20N4O7S. The molecule has 24 heavy (non-hydrogen) atoms. The third-order valence-electron chi connectivity index (χ3n) is 2.65. The van der Waals surface area contributed by atoms with Gasteiger partial charge in [-0.2, -0.15) is 0 Å². The molecule has 0 rings (SSSR count). The first kappa shape index (κ1) is 21.7. The van der Waals surface area contributed by atoms with Gasteiger partial charge in [0.05, 0.1) is 0 Å². The summed E-state index contributed by atoms with van der Waals surface area (Å²) in [6.45, 7) is -0.639. The molecule has 0 radical (unpaired) electrons. The smallest absolute Gasteiger partial charge is 0.322 e. The zero-order valence-electron chi connectivity index (χ0n) is 12.9. The van der Waals surface area contributed by atoms with Crippen LogP contribution < -0.4 is 21.7 Å². The maximum atomic E-state index is 11.9. The summed E-state index contributed by atoms with van der Waals surface area (Å²) >= 11 is 0.727. The van der Waals surface area contributed by atoms with E-state index in [4.69, 9.17) is 15.9 Å². The summed E-state index contributed by atoms with van der Waals surface area (Å²) in [5.74, 6) is -4.06. The number of carbonyl (C=O) groups excluding carboxylic acids is 3. The maximum Gasteiger partial charge on any atom is 0.322 e. The molecule has 0 aromatic heterocycles. The molecule has 0 spiro atoms. The van der Waals surface area contributed by atoms with Gasteiger partial charge in [-0.3, -0.25) is 24.0 Å². The predicted molar refractivity (Wildman–Crippen MR) is 84.3 cm³/mol. The zero-order valence-corrected chi connectivity index (χ0v) is 13.7. The molecule has 11 nitrogen and oxygen atoms in total. The van der Waals surface area contributed by atoms with Gasteiger partial charge in [0, 0.05) is 19.2 Å². The zero-order chi connectivity index (χ0) is 18.7. The van der Waals surface area contributed by atoms with Gasteiger partial charge in [-0.25, -0.2) is 0 Å². The molecule has 0 fully saturated rings. The van der Waals surface area contributed by atoms with Gasteiger partial charge in [0.1, 0.15) is 18.6 Å². The van der Waals surface area contributed by atoms with Crippen LogP contribution in [-0.2, 0) is 19.2 Å². The van der Waals surface area contributed by atoms with Crippen LogP contribution >= 0.6 is 11.8 Å². The fourth-order valence-corrected chi connectivity index (χ4v) is 2.07. The number of rotatable bonds is 10. The number of thioether (sulfide) groups is 1. The van der Waals surface area contributed by atoms with Crippen LogP contribution in [0.15, 0.2) is 0 Å². The van der Waals surface area contributed by atoms with Crippen molar-refractivity contribution in [3.8, 4) is 0 Å². The highest BCUT2D eigenvalue weighted by Crippen LogP contribution is 2.05. The maximum absolute atomic E-state index is 11.9. The van der Waals surface area contributed by atoms with E-state index in [0.29, 0.717) is 0 Å². The van der Waals surface area contributed by atoms with Crippen molar-refractivity contribution >= 4 is 40.8 Å². The van der Waals surface area contributed by atoms with Crippen molar-refractivity contribution in [3.63, 3.8) is 0 Å². The molecule has 0 saturated heterocycles. The summed E-state index contributed by atoms with van der Waals surface area (Å²) in [6.07, 6.45) is -0.367. The Kier molecular flexibility index (Phi) is 10.1. The number of hydrogen-bond acceptors (Lipinski definition) is 7. The molecular weight excluding hydrogens is 344 g/mol. The van der Waals surface area contributed by atoms with Gasteiger partial charge in [-0.1, -0.05) is 11.8 Å². The SMILES string of the molecule is CNC(=O)SC[C@H](NC(=O)CC[C@@H](N)C(=O)O)C(=O)NCC(=O)O. The van der Waals surface area contributed by atoms with Crippen LogP contribution in [-0.4, -0.2) is 70.6 Å². The van der Waals surface area contributed by atoms with E-state index in [1.807, 2.05) is 0 Å². The molecule has 0 aliphatic carbocycles. The van der Waals surface area contributed by atoms with Crippen molar-refractivity contribution in [2.75, 3.05) is 19.3 Å². The van der Waals surface area contributed by atoms with E-state index >= 15 is 0 Å². The fraction of sp³-hybridized carbons (Fsp3) is 0.583. The molecule has 136 valence electrons. The third kappa shape index (κ3) is 9.63. The van der Waals surface area contributed by atoms with Crippen LogP contribution in [0.3, 0.4) is 0 Å². The van der Waals surface area contributed by atoms with Gasteiger partial charge in [0.15, 0.2) is 0 Å². The highest BCUT2D eigenvalue weighted by atomic mass is 32.2. The van der Waals surface area contributed by atoms with Crippen molar-refractivity contribution in [1.82, 2.24) is 16.0 Å². The monoisotopic (exact) mass is 364 g/mol. The molecule has 0 aliphatic rings. The lowest BCUT2D eigenvalue weighted by molar-refractivity contribution is -0.139. The summed E-state index contributed by atoms with van der Waals surface area (Å²) in [5.41, 5.74) is 5.27. The highest BCUT2D eigenvalue weighted by Gasteiger charge is 2.23. The Morgan fingerprint density at radius 2 is 1.79 bits per heavy atom. The predicted octanol–water partition coefficient (Wildman–Crippen LogP) is -2.06. The molecule has 0 unspecified atom stereocenters. The minimum Gasteiger partial charge on any atom is -0.480 e. The molecule has 0 bridgehead atoms. The number of hydrogen-bond donors (Lipinski definition) is 6. The molecule has 12 heteroatoms. The van der Waals surface area contributed by atoms with Crippen molar-refractivity contribution in [3.05, 3.63) is 0 Å². The average molecular weight is 364 g/mol. The molecule has 7 N–H and O–H groups in total. The van der Waals surface area contributed by atoms with Crippen LogP contribution in [0, 0.1) is 0 Å². The Morgan fingerprint density at radius 3 is 2.29 bits per heavy atom. The summed E-state index contributed by atoms with van der Waals surface area (Å²) < 4.78 is 0. The lowest BCUT2D eigenvalue weighted by Crippen LogP contribution is -2.49. The van der Waals surface area contributed by atoms with Crippen molar-refractivity contribution in [1.29, 1.82) is 0 Å². The average Bonchev–Trinajstić information content (AvgIpc) is 2.53. The van der Waals surface area contributed by atoms with E-state index < -0.39 is 47.6 Å². The van der Waals surface area contributed by atoms with Crippen molar-refractivity contribution in [2.24, 2.45) is 5.73 Å². The normalized spacial score (nSPS) is 12.6. The second kappa shape index (κ2) is 11.2. The van der Waals surface area contributed by atoms with E-state index in [1.165, 1.54) is 7.05 Å². The molecule has 0 aromatic carbocycles. The van der Waals surface area contributed by atoms with Crippen LogP contribution in [0.1, 0.15) is 12.8 Å². The number of carboxylic acids is 2. The Morgan fingerprint density at radius 1 is 1.17 bits per heavy atom. The first-order valence-electron chi connectivity index (χ1n) is 6.79. The fourth-order valence-electron chi connectivity index (χ4n) is 1.38. The molecule has 0 aliphatic heterocycles. The highest BCUT2D eigenvalue weighted by molar-refractivity contribution is 8.13. The quantitative estimate of drug-likeness (QED) is 0.253. The summed E-state index contributed by atoms with van der Waals surface area (Å²) in [5, 5.41) is 23.5. The number of carboxylic acid groups (broad SMARTS) is 2. The molecule has 0 aromatic rings. The van der Waals surface area contributed by atoms with Crippen molar-refractivity contribution in [2.45, 2.75) is 24.9 Å². The number of carbonyl (C=O) groups is 5. The Bertz CT molecular complexity index is 500. The molecule has 0 heterocycles. The van der Waals surface area contributed by atoms with E-state index in [0.717, 1.165) is 11.8 Å². The number of nitrogens with one attached hydrogen (secondary N) is 3. The molecule has 3 amide bonds. The van der Waals surface area contributed by atoms with Crippen LogP contribution in [0.25, 0.3) is 0 Å². The number of nitrogens with two attached hydrogens (primary N) is 1. The molecule has 0 saturated carbocycles. The van der Waals surface area contributed by atoms with Gasteiger partial charge in [0.25, 0.3) is 5.24 Å². The van der Waals surface area contributed by atoms with Crippen LogP contribution in [0.2, 0.25) is 0 Å². The lowest BCUT2D eigenvalue weighted by Gasteiger charge is -2.17. The van der Waals surface area contributed by atoms with Gasteiger partial charge < -0.3 is 31.9 Å². The van der Waals surface area contributed by atoms with Gasteiger partial charge >= 0.3 is 11.9 Å². The van der Waals surface area contributed by atoms with E-state index in [9.17, 15) is 24.0 Å². The topological polar surface area (TPSA) is 188 Å². The van der Waals surface area contributed by atoms with Gasteiger partial charge in [-0.15, -0.1) is 0 Å². The molecule has 2 atom stereocenters. The second-order valence-corrected chi connectivity index (χ2v) is 5.56. The first-order chi connectivity index (χ1) is 11.2. The number of amides is 3. The van der Waals surface area contributed by atoms with Gasteiger partial charge in [0.2, 0.25) is 11.8 Å². The van der Waals surface area contributed by atoms with Crippen LogP contribution in [0.4, 0.5) is 4.79 Å². The second-order valence-electron chi connectivity index (χ2n) is 4.56. The minimum absolute atomic E-state index is 0.123. The van der Waals surface area contributed by atoms with Crippen molar-refractivity contribution < 1.29 is 34.2 Å². The van der Waals surface area contributed by atoms with Gasteiger partial charge in [-0.05, 0) is 6.42 Å². The summed E-state index contributed by atoms with van der Waals surface area (Å²) in [4.78, 5) is 55.9. The van der Waals surface area contributed by atoms with E-state index in [2.05, 4.69) is 16.0 Å².